The van der Waals surface area contributed by atoms with Crippen LogP contribution in [0.5, 0.6) is 0 Å². The standard InChI is InChI=1S/C23H28N2O2/c26-22(20-10-5-2-6-11-20)13-14-23(27)24-21-12-7-16-25(18-21)17-15-19-8-3-1-4-9-19/h1-6,8-11,21H,7,12-18H2,(H,24,27)/t21-/m0/s1. The summed E-state index contributed by atoms with van der Waals surface area (Å²) in [5.41, 5.74) is 2.03. The molecule has 0 saturated carbocycles. The average Bonchev–Trinajstić information content (AvgIpc) is 2.72. The van der Waals surface area contributed by atoms with E-state index in [-0.39, 0.29) is 30.6 Å². The molecule has 3 rings (SSSR count). The SMILES string of the molecule is O=C(CCC(=O)c1ccccc1)N[C@H]1CCCN(CCc2ccccc2)C1. The first-order chi connectivity index (χ1) is 13.2. The lowest BCUT2D eigenvalue weighted by atomic mass is 10.0. The summed E-state index contributed by atoms with van der Waals surface area (Å²) in [4.78, 5) is 26.8. The molecule has 0 bridgehead atoms. The number of likely N-dealkylation sites (tertiary alicyclic amines) is 1. The van der Waals surface area contributed by atoms with Crippen LogP contribution in [0, 0.1) is 0 Å². The Labute approximate surface area is 161 Å². The molecule has 0 aromatic heterocycles. The predicted molar refractivity (Wildman–Crippen MR) is 108 cm³/mol. The smallest absolute Gasteiger partial charge is 0.220 e. The third-order valence-corrected chi connectivity index (χ3v) is 5.11. The van der Waals surface area contributed by atoms with Gasteiger partial charge in [-0.3, -0.25) is 9.59 Å². The van der Waals surface area contributed by atoms with Crippen LogP contribution in [0.1, 0.15) is 41.6 Å². The number of carbonyl (C=O) groups is 2. The third-order valence-electron chi connectivity index (χ3n) is 5.11. The van der Waals surface area contributed by atoms with Crippen LogP contribution in [-0.2, 0) is 11.2 Å². The first-order valence-corrected chi connectivity index (χ1v) is 9.84. The average molecular weight is 364 g/mol. The van der Waals surface area contributed by atoms with Crippen molar-refractivity contribution >= 4 is 11.7 Å². The number of hydrogen-bond donors (Lipinski definition) is 1. The van der Waals surface area contributed by atoms with Crippen molar-refractivity contribution in [1.29, 1.82) is 0 Å². The summed E-state index contributed by atoms with van der Waals surface area (Å²) in [6.45, 7) is 3.00. The van der Waals surface area contributed by atoms with Gasteiger partial charge in [-0.1, -0.05) is 60.7 Å². The second kappa shape index (κ2) is 10.0. The van der Waals surface area contributed by atoms with Crippen molar-refractivity contribution in [3.63, 3.8) is 0 Å². The van der Waals surface area contributed by atoms with E-state index in [2.05, 4.69) is 34.5 Å². The van der Waals surface area contributed by atoms with Gasteiger partial charge in [0.05, 0.1) is 0 Å². The summed E-state index contributed by atoms with van der Waals surface area (Å²) in [6, 6.07) is 19.9. The van der Waals surface area contributed by atoms with E-state index >= 15 is 0 Å². The highest BCUT2D eigenvalue weighted by Gasteiger charge is 2.21. The second-order valence-corrected chi connectivity index (χ2v) is 7.23. The minimum absolute atomic E-state index is 0.0193. The maximum Gasteiger partial charge on any atom is 0.220 e. The number of carbonyl (C=O) groups excluding carboxylic acids is 2. The Kier molecular flexibility index (Phi) is 7.17. The molecule has 4 nitrogen and oxygen atoms in total. The molecule has 1 aliphatic rings. The van der Waals surface area contributed by atoms with Crippen molar-refractivity contribution < 1.29 is 9.59 Å². The number of piperidine rings is 1. The predicted octanol–water partition coefficient (Wildman–Crippen LogP) is 3.47. The molecular formula is C23H28N2O2. The number of nitrogens with one attached hydrogen (secondary N) is 1. The molecule has 2 aromatic rings. The van der Waals surface area contributed by atoms with Crippen LogP contribution in [0.25, 0.3) is 0 Å². The quantitative estimate of drug-likeness (QED) is 0.730. The van der Waals surface area contributed by atoms with E-state index < -0.39 is 0 Å². The van der Waals surface area contributed by atoms with Crippen molar-refractivity contribution in [2.75, 3.05) is 19.6 Å². The highest BCUT2D eigenvalue weighted by Crippen LogP contribution is 2.12. The molecule has 1 aliphatic heterocycles. The fraction of sp³-hybridized carbons (Fsp3) is 0.391. The number of Topliss-reactive ketones (excluding diaryl/α,β-unsaturated/α-hetero) is 1. The Morgan fingerprint density at radius 2 is 1.67 bits per heavy atom. The summed E-state index contributed by atoms with van der Waals surface area (Å²) in [5, 5.41) is 3.12. The summed E-state index contributed by atoms with van der Waals surface area (Å²) in [6.07, 6.45) is 3.67. The largest absolute Gasteiger partial charge is 0.352 e. The van der Waals surface area contributed by atoms with Gasteiger partial charge in [-0.25, -0.2) is 0 Å². The van der Waals surface area contributed by atoms with E-state index in [9.17, 15) is 9.59 Å². The molecule has 0 unspecified atom stereocenters. The molecule has 1 atom stereocenters. The monoisotopic (exact) mass is 364 g/mol. The zero-order valence-corrected chi connectivity index (χ0v) is 15.8. The summed E-state index contributed by atoms with van der Waals surface area (Å²) < 4.78 is 0. The van der Waals surface area contributed by atoms with E-state index in [0.717, 1.165) is 38.9 Å². The van der Waals surface area contributed by atoms with E-state index in [1.807, 2.05) is 24.3 Å². The molecule has 0 radical (unpaired) electrons. The van der Waals surface area contributed by atoms with Crippen LogP contribution in [0.2, 0.25) is 0 Å². The van der Waals surface area contributed by atoms with Crippen molar-refractivity contribution in [2.45, 2.75) is 38.1 Å². The van der Waals surface area contributed by atoms with Crippen LogP contribution in [0.15, 0.2) is 60.7 Å². The van der Waals surface area contributed by atoms with Gasteiger partial charge in [0, 0.05) is 37.5 Å². The van der Waals surface area contributed by atoms with Gasteiger partial charge >= 0.3 is 0 Å². The number of rotatable bonds is 8. The number of amides is 1. The van der Waals surface area contributed by atoms with E-state index in [1.54, 1.807) is 12.1 Å². The van der Waals surface area contributed by atoms with Gasteiger partial charge in [0.1, 0.15) is 0 Å². The fourth-order valence-corrected chi connectivity index (χ4v) is 3.60. The summed E-state index contributed by atoms with van der Waals surface area (Å²) >= 11 is 0. The molecule has 1 fully saturated rings. The van der Waals surface area contributed by atoms with Crippen molar-refractivity contribution in [3.8, 4) is 0 Å². The third kappa shape index (κ3) is 6.33. The van der Waals surface area contributed by atoms with Crippen LogP contribution in [0.4, 0.5) is 0 Å². The number of ketones is 1. The normalized spacial score (nSPS) is 17.4. The molecular weight excluding hydrogens is 336 g/mol. The number of benzene rings is 2. The Hall–Kier alpha value is -2.46. The lowest BCUT2D eigenvalue weighted by Crippen LogP contribution is -2.48. The lowest BCUT2D eigenvalue weighted by molar-refractivity contribution is -0.122. The molecule has 1 heterocycles. The molecule has 0 spiro atoms. The van der Waals surface area contributed by atoms with Crippen molar-refractivity contribution in [1.82, 2.24) is 10.2 Å². The topological polar surface area (TPSA) is 49.4 Å². The molecule has 2 aromatic carbocycles. The maximum absolute atomic E-state index is 12.3. The van der Waals surface area contributed by atoms with Gasteiger partial charge in [0.2, 0.25) is 5.91 Å². The van der Waals surface area contributed by atoms with Gasteiger partial charge in [0.15, 0.2) is 5.78 Å². The van der Waals surface area contributed by atoms with E-state index in [0.29, 0.717) is 5.56 Å². The Morgan fingerprint density at radius 1 is 0.963 bits per heavy atom. The number of nitrogens with zero attached hydrogens (tertiary/aromatic N) is 1. The van der Waals surface area contributed by atoms with Crippen LogP contribution >= 0.6 is 0 Å². The van der Waals surface area contributed by atoms with Gasteiger partial charge in [-0.2, -0.15) is 0 Å². The molecule has 27 heavy (non-hydrogen) atoms. The molecule has 142 valence electrons. The Bertz CT molecular complexity index is 731. The first-order valence-electron chi connectivity index (χ1n) is 9.84. The maximum atomic E-state index is 12.3. The number of hydrogen-bond acceptors (Lipinski definition) is 3. The highest BCUT2D eigenvalue weighted by atomic mass is 16.2. The van der Waals surface area contributed by atoms with E-state index in [1.165, 1.54) is 5.56 Å². The van der Waals surface area contributed by atoms with Gasteiger partial charge in [-0.15, -0.1) is 0 Å². The fourth-order valence-electron chi connectivity index (χ4n) is 3.60. The molecule has 1 saturated heterocycles. The highest BCUT2D eigenvalue weighted by molar-refractivity contribution is 5.97. The van der Waals surface area contributed by atoms with Crippen molar-refractivity contribution in [2.24, 2.45) is 0 Å². The lowest BCUT2D eigenvalue weighted by Gasteiger charge is -2.33. The Morgan fingerprint density at radius 3 is 2.41 bits per heavy atom. The van der Waals surface area contributed by atoms with Gasteiger partial charge < -0.3 is 10.2 Å². The Balaban J connectivity index is 1.39. The van der Waals surface area contributed by atoms with Crippen LogP contribution in [-0.4, -0.2) is 42.3 Å². The van der Waals surface area contributed by atoms with E-state index in [4.69, 9.17) is 0 Å². The van der Waals surface area contributed by atoms with Crippen LogP contribution in [0.3, 0.4) is 0 Å². The summed E-state index contributed by atoms with van der Waals surface area (Å²) in [7, 11) is 0. The minimum Gasteiger partial charge on any atom is -0.352 e. The molecule has 0 aliphatic carbocycles. The van der Waals surface area contributed by atoms with Gasteiger partial charge in [0.25, 0.3) is 0 Å². The first kappa shape index (κ1) is 19.3. The zero-order chi connectivity index (χ0) is 18.9. The zero-order valence-electron chi connectivity index (χ0n) is 15.8. The van der Waals surface area contributed by atoms with Crippen LogP contribution < -0.4 is 5.32 Å². The summed E-state index contributed by atoms with van der Waals surface area (Å²) in [5.74, 6) is 0.00747. The minimum atomic E-state index is -0.0193. The molecule has 1 N–H and O–H groups in total. The second-order valence-electron chi connectivity index (χ2n) is 7.23. The molecule has 4 heteroatoms. The molecule has 1 amide bonds. The van der Waals surface area contributed by atoms with Crippen molar-refractivity contribution in [3.05, 3.63) is 71.8 Å². The van der Waals surface area contributed by atoms with Gasteiger partial charge in [-0.05, 0) is 31.4 Å².